The van der Waals surface area contributed by atoms with Crippen LogP contribution in [0.1, 0.15) is 13.8 Å². The van der Waals surface area contributed by atoms with Gasteiger partial charge in [0, 0.05) is 5.57 Å². The molecular weight excluding hydrogens is 172 g/mol. The van der Waals surface area contributed by atoms with Crippen molar-refractivity contribution in [2.75, 3.05) is 6.61 Å². The van der Waals surface area contributed by atoms with Gasteiger partial charge >= 0.3 is 11.7 Å². The summed E-state index contributed by atoms with van der Waals surface area (Å²) in [6.45, 7) is 3.29. The fourth-order valence-corrected chi connectivity index (χ4v) is 0.661. The molecule has 0 unspecified atom stereocenters. The quantitative estimate of drug-likeness (QED) is 0.157. The lowest BCUT2D eigenvalue weighted by Crippen LogP contribution is -2.19. The van der Waals surface area contributed by atoms with E-state index < -0.39 is 5.97 Å². The van der Waals surface area contributed by atoms with Crippen LogP contribution < -0.4 is 0 Å². The Kier molecular flexibility index (Phi) is 5.07. The Labute approximate surface area is 75.6 Å². The molecule has 0 N–H and O–H groups in total. The van der Waals surface area contributed by atoms with Crippen molar-refractivity contribution < 1.29 is 19.1 Å². The van der Waals surface area contributed by atoms with Crippen LogP contribution in [0.25, 0.3) is 5.53 Å². The number of ether oxygens (including phenoxy) is 1. The van der Waals surface area contributed by atoms with Gasteiger partial charge in [0.05, 0.1) is 6.61 Å². The number of rotatable bonds is 4. The van der Waals surface area contributed by atoms with E-state index in [1.54, 1.807) is 6.92 Å². The monoisotopic (exact) mass is 182 g/mol. The first-order valence-corrected chi connectivity index (χ1v) is 3.69. The molecular formula is C8H10N2O3. The van der Waals surface area contributed by atoms with Gasteiger partial charge in [-0.3, -0.25) is 4.79 Å². The van der Waals surface area contributed by atoms with Gasteiger partial charge < -0.3 is 10.3 Å². The fraction of sp³-hybridized carbons (Fsp3) is 0.375. The SMILES string of the molecule is CCOC(=O)C(=[N+]=[N-])/C(C)=C/C=O. The van der Waals surface area contributed by atoms with Gasteiger partial charge in [0.2, 0.25) is 0 Å². The second-order valence-corrected chi connectivity index (χ2v) is 2.15. The summed E-state index contributed by atoms with van der Waals surface area (Å²) in [5.74, 6) is -0.749. The molecule has 0 aromatic heterocycles. The molecule has 5 heteroatoms. The van der Waals surface area contributed by atoms with Gasteiger partial charge in [0.1, 0.15) is 6.29 Å². The molecule has 5 nitrogen and oxygen atoms in total. The average molecular weight is 182 g/mol. The predicted octanol–water partition coefficient (Wildman–Crippen LogP) is 0.365. The number of hydrogen-bond acceptors (Lipinski definition) is 3. The Balaban J connectivity index is 4.73. The van der Waals surface area contributed by atoms with Crippen molar-refractivity contribution in [3.05, 3.63) is 17.2 Å². The summed E-state index contributed by atoms with van der Waals surface area (Å²) >= 11 is 0. The third-order valence-corrected chi connectivity index (χ3v) is 1.26. The maximum absolute atomic E-state index is 11.0. The minimum atomic E-state index is -0.749. The van der Waals surface area contributed by atoms with Crippen molar-refractivity contribution in [2.24, 2.45) is 0 Å². The molecule has 0 spiro atoms. The molecule has 0 aliphatic heterocycles. The molecule has 0 saturated carbocycles. The maximum atomic E-state index is 11.0. The van der Waals surface area contributed by atoms with E-state index in [9.17, 15) is 9.59 Å². The van der Waals surface area contributed by atoms with Crippen LogP contribution >= 0.6 is 0 Å². The fourth-order valence-electron chi connectivity index (χ4n) is 0.661. The highest BCUT2D eigenvalue weighted by Crippen LogP contribution is 1.95. The summed E-state index contributed by atoms with van der Waals surface area (Å²) in [6.07, 6.45) is 1.62. The Morgan fingerprint density at radius 1 is 1.62 bits per heavy atom. The maximum Gasteiger partial charge on any atom is 0.421 e. The number of aldehydes is 1. The van der Waals surface area contributed by atoms with Crippen molar-refractivity contribution >= 4 is 18.0 Å². The molecule has 0 saturated heterocycles. The first kappa shape index (κ1) is 11.3. The highest BCUT2D eigenvalue weighted by atomic mass is 16.5. The van der Waals surface area contributed by atoms with Crippen LogP contribution in [0.2, 0.25) is 0 Å². The van der Waals surface area contributed by atoms with E-state index in [0.717, 1.165) is 6.08 Å². The van der Waals surface area contributed by atoms with Gasteiger partial charge in [-0.2, -0.15) is 4.79 Å². The first-order valence-electron chi connectivity index (χ1n) is 3.69. The highest BCUT2D eigenvalue weighted by Gasteiger charge is 2.23. The standard InChI is InChI=1S/C8H10N2O3/c1-3-13-8(12)7(10-9)6(2)4-5-11/h4-5H,3H2,1-2H3/b6-4+. The summed E-state index contributed by atoms with van der Waals surface area (Å²) in [6, 6.07) is 0. The van der Waals surface area contributed by atoms with Crippen molar-refractivity contribution in [1.82, 2.24) is 0 Å². The van der Waals surface area contributed by atoms with Crippen molar-refractivity contribution in [3.8, 4) is 0 Å². The van der Waals surface area contributed by atoms with Crippen LogP contribution in [-0.4, -0.2) is 29.4 Å². The number of carbonyl (C=O) groups is 2. The highest BCUT2D eigenvalue weighted by molar-refractivity contribution is 6.40. The zero-order valence-electron chi connectivity index (χ0n) is 7.48. The molecule has 0 heterocycles. The van der Waals surface area contributed by atoms with E-state index in [2.05, 4.69) is 9.53 Å². The van der Waals surface area contributed by atoms with Crippen LogP contribution in [-0.2, 0) is 14.3 Å². The Morgan fingerprint density at radius 2 is 2.23 bits per heavy atom. The summed E-state index contributed by atoms with van der Waals surface area (Å²) in [7, 11) is 0. The number of esters is 1. The van der Waals surface area contributed by atoms with Gasteiger partial charge in [-0.05, 0) is 19.9 Å². The van der Waals surface area contributed by atoms with Gasteiger partial charge in [0.25, 0.3) is 0 Å². The smallest absolute Gasteiger partial charge is 0.421 e. The molecule has 70 valence electrons. The van der Waals surface area contributed by atoms with Gasteiger partial charge in [-0.25, -0.2) is 4.79 Å². The van der Waals surface area contributed by atoms with E-state index in [1.807, 2.05) is 0 Å². The number of hydrogen-bond donors (Lipinski definition) is 0. The summed E-state index contributed by atoms with van der Waals surface area (Å²) in [5.41, 5.74) is 8.46. The molecule has 0 radical (unpaired) electrons. The molecule has 0 bridgehead atoms. The normalized spacial score (nSPS) is 10.2. The Hall–Kier alpha value is -1.74. The van der Waals surface area contributed by atoms with Gasteiger partial charge in [0.15, 0.2) is 0 Å². The van der Waals surface area contributed by atoms with Gasteiger partial charge in [-0.1, -0.05) is 0 Å². The second-order valence-electron chi connectivity index (χ2n) is 2.15. The van der Waals surface area contributed by atoms with E-state index in [0.29, 0.717) is 6.29 Å². The molecule has 0 aromatic carbocycles. The van der Waals surface area contributed by atoms with E-state index >= 15 is 0 Å². The molecule has 0 amide bonds. The van der Waals surface area contributed by atoms with Crippen molar-refractivity contribution in [2.45, 2.75) is 13.8 Å². The second kappa shape index (κ2) is 5.85. The van der Waals surface area contributed by atoms with Crippen LogP contribution in [0.15, 0.2) is 11.6 Å². The summed E-state index contributed by atoms with van der Waals surface area (Å²) < 4.78 is 4.58. The Bertz CT molecular complexity index is 288. The van der Waals surface area contributed by atoms with Gasteiger partial charge in [-0.15, -0.1) is 0 Å². The first-order chi connectivity index (χ1) is 6.17. The molecule has 0 atom stereocenters. The molecule has 0 aliphatic rings. The average Bonchev–Trinajstić information content (AvgIpc) is 2.06. The van der Waals surface area contributed by atoms with E-state index in [-0.39, 0.29) is 17.9 Å². The van der Waals surface area contributed by atoms with Crippen molar-refractivity contribution in [3.63, 3.8) is 0 Å². The third kappa shape index (κ3) is 3.44. The van der Waals surface area contributed by atoms with Crippen LogP contribution in [0.5, 0.6) is 0 Å². The van der Waals surface area contributed by atoms with Crippen LogP contribution in [0.3, 0.4) is 0 Å². The number of carbonyl (C=O) groups excluding carboxylic acids is 2. The molecule has 13 heavy (non-hydrogen) atoms. The topological polar surface area (TPSA) is 79.8 Å². The predicted molar refractivity (Wildman–Crippen MR) is 45.1 cm³/mol. The lowest BCUT2D eigenvalue weighted by molar-refractivity contribution is -0.139. The van der Waals surface area contributed by atoms with Crippen LogP contribution in [0, 0.1) is 0 Å². The zero-order chi connectivity index (χ0) is 10.3. The number of allylic oxidation sites excluding steroid dienone is 1. The zero-order valence-corrected chi connectivity index (χ0v) is 7.48. The minimum absolute atomic E-state index is 0.187. The summed E-state index contributed by atoms with van der Waals surface area (Å²) in [4.78, 5) is 23.8. The van der Waals surface area contributed by atoms with E-state index in [1.165, 1.54) is 6.92 Å². The van der Waals surface area contributed by atoms with Crippen molar-refractivity contribution in [1.29, 1.82) is 0 Å². The lowest BCUT2D eigenvalue weighted by atomic mass is 10.2. The Morgan fingerprint density at radius 3 is 2.62 bits per heavy atom. The molecule has 0 aliphatic carbocycles. The number of nitrogens with zero attached hydrogens (tertiary/aromatic N) is 2. The summed E-state index contributed by atoms with van der Waals surface area (Å²) in [5, 5.41) is 0. The van der Waals surface area contributed by atoms with E-state index in [4.69, 9.17) is 5.53 Å². The molecule has 0 aromatic rings. The third-order valence-electron chi connectivity index (χ3n) is 1.26. The van der Waals surface area contributed by atoms with Crippen LogP contribution in [0.4, 0.5) is 0 Å². The molecule has 0 rings (SSSR count). The largest absolute Gasteiger partial charge is 0.457 e. The minimum Gasteiger partial charge on any atom is -0.457 e. The lowest BCUT2D eigenvalue weighted by Gasteiger charge is -1.95. The molecule has 0 fully saturated rings.